The number of alkyl halides is 3. The smallest absolute Gasteiger partial charge is 0.416 e. The second-order valence-corrected chi connectivity index (χ2v) is 15.7. The van der Waals surface area contributed by atoms with E-state index in [1.54, 1.807) is 24.4 Å². The second kappa shape index (κ2) is 17.5. The van der Waals surface area contributed by atoms with Crippen LogP contribution in [0.1, 0.15) is 61.6 Å². The minimum Gasteiger partial charge on any atom is -0.475 e. The molecule has 62 heavy (non-hydrogen) atoms. The number of morpholine rings is 1. The molecule has 7 heterocycles. The number of pyridine rings is 2. The van der Waals surface area contributed by atoms with Crippen LogP contribution in [0.2, 0.25) is 0 Å². The number of carbonyl (C=O) groups is 5. The molecule has 2 bridgehead atoms. The first-order valence-corrected chi connectivity index (χ1v) is 20.4. The minimum atomic E-state index is -4.58. The number of imide groups is 1. The van der Waals surface area contributed by atoms with E-state index in [2.05, 4.69) is 30.3 Å². The molecule has 2 aromatic carbocycles. The van der Waals surface area contributed by atoms with Gasteiger partial charge in [0.25, 0.3) is 17.7 Å². The van der Waals surface area contributed by atoms with Crippen LogP contribution in [0, 0.1) is 6.92 Å². The maximum Gasteiger partial charge on any atom is 0.416 e. The molecule has 3 atom stereocenters. The first kappa shape index (κ1) is 42.3. The maximum atomic E-state index is 13.5. The highest BCUT2D eigenvalue weighted by Crippen LogP contribution is 2.38. The molecule has 4 fully saturated rings. The summed E-state index contributed by atoms with van der Waals surface area (Å²) in [6.45, 7) is 6.55. The number of benzene rings is 2. The van der Waals surface area contributed by atoms with Gasteiger partial charge in [0, 0.05) is 92.5 Å². The Morgan fingerprint density at radius 2 is 1.71 bits per heavy atom. The van der Waals surface area contributed by atoms with Crippen LogP contribution < -0.4 is 25.2 Å². The van der Waals surface area contributed by atoms with Gasteiger partial charge in [-0.05, 0) is 68.3 Å². The number of aldehydes is 1. The third kappa shape index (κ3) is 8.43. The number of nitrogens with zero attached hydrogens (tertiary/aromatic N) is 6. The molecule has 324 valence electrons. The highest BCUT2D eigenvalue weighted by Gasteiger charge is 2.46. The minimum absolute atomic E-state index is 0.0316. The Bertz CT molecular complexity index is 2400. The molecule has 4 aromatic rings. The molecule has 0 spiro atoms. The molecule has 3 unspecified atom stereocenters. The summed E-state index contributed by atoms with van der Waals surface area (Å²) in [5.74, 6) is -1.85. The zero-order chi connectivity index (χ0) is 43.7. The maximum absolute atomic E-state index is 13.5. The van der Waals surface area contributed by atoms with Crippen LogP contribution in [0.4, 0.5) is 30.2 Å². The highest BCUT2D eigenvalue weighted by atomic mass is 19.4. The van der Waals surface area contributed by atoms with Crippen LogP contribution in [-0.4, -0.2) is 127 Å². The molecule has 18 heteroatoms. The summed E-state index contributed by atoms with van der Waals surface area (Å²) in [6, 6.07) is 12.5. The Morgan fingerprint density at radius 1 is 0.952 bits per heavy atom. The fourth-order valence-corrected chi connectivity index (χ4v) is 8.67. The lowest BCUT2D eigenvalue weighted by Crippen LogP contribution is -2.69. The van der Waals surface area contributed by atoms with E-state index in [1.165, 1.54) is 25.4 Å². The summed E-state index contributed by atoms with van der Waals surface area (Å²) in [7, 11) is 1.42. The van der Waals surface area contributed by atoms with Crippen LogP contribution in [0.5, 0.6) is 5.88 Å². The summed E-state index contributed by atoms with van der Waals surface area (Å²) >= 11 is 0. The van der Waals surface area contributed by atoms with Crippen molar-refractivity contribution in [3.05, 3.63) is 94.9 Å². The average molecular weight is 855 g/mol. The lowest BCUT2D eigenvalue weighted by atomic mass is 9.87. The largest absolute Gasteiger partial charge is 0.475 e. The molecule has 15 nitrogen and oxygen atoms in total. The van der Waals surface area contributed by atoms with E-state index < -0.39 is 41.4 Å². The number of aryl methyl sites for hydroxylation is 1. The number of halogens is 3. The lowest BCUT2D eigenvalue weighted by Gasteiger charge is -2.57. The summed E-state index contributed by atoms with van der Waals surface area (Å²) in [5, 5.41) is 5.17. The number of rotatable bonds is 14. The Kier molecular flexibility index (Phi) is 12.0. The number of hydrogen-bond donors (Lipinski definition) is 2. The van der Waals surface area contributed by atoms with Crippen molar-refractivity contribution in [3.8, 4) is 17.0 Å². The molecule has 5 aliphatic rings. The molecular formula is C44H45F3N8O7. The van der Waals surface area contributed by atoms with Gasteiger partial charge in [-0.15, -0.1) is 0 Å². The second-order valence-electron chi connectivity index (χ2n) is 15.7. The highest BCUT2D eigenvalue weighted by molar-refractivity contribution is 6.23. The molecule has 0 aliphatic carbocycles. The summed E-state index contributed by atoms with van der Waals surface area (Å²) in [4.78, 5) is 80.4. The predicted octanol–water partition coefficient (Wildman–Crippen LogP) is 4.59. The molecule has 4 amide bonds. The normalized spacial score (nSPS) is 19.1. The number of piperidine rings is 1. The van der Waals surface area contributed by atoms with Gasteiger partial charge in [0.05, 0.1) is 41.8 Å². The third-order valence-corrected chi connectivity index (χ3v) is 11.9. The Morgan fingerprint density at radius 3 is 2.44 bits per heavy atom. The fraction of sp³-hybridized carbons (Fsp3) is 0.386. The third-order valence-electron chi connectivity index (χ3n) is 11.9. The van der Waals surface area contributed by atoms with Crippen molar-refractivity contribution in [2.24, 2.45) is 0 Å². The number of fused-ring (bicyclic) bond motifs is 3. The van der Waals surface area contributed by atoms with Gasteiger partial charge in [0.1, 0.15) is 24.6 Å². The lowest BCUT2D eigenvalue weighted by molar-refractivity contribution is -0.137. The first-order valence-electron chi connectivity index (χ1n) is 20.4. The molecule has 4 saturated heterocycles. The van der Waals surface area contributed by atoms with Crippen LogP contribution in [0.25, 0.3) is 11.1 Å². The topological polar surface area (TPSA) is 167 Å². The standard InChI is InChI=1S/C44H45F3N8O7/c1-26-35(19-30(23-49-26)51-39(57)27-5-3-6-29(17-27)44(45,46)47)28-18-38(52-10-14-61-15-11-52)41(50-22-28)62-16-12-54-32-20-33(54)25-53(24-32)31-8-9-34-36(21-31)43(60)55(42(34)59)37(7-4-13-56)40(58)48-2/h3,5-6,8-9,13,17-19,21-23,32-33,37H,4,7,10-12,14-16,20,24-25H2,1-2H3,(H,48,58)(H,51,57). The van der Waals surface area contributed by atoms with Gasteiger partial charge in [-0.3, -0.25) is 34.0 Å². The van der Waals surface area contributed by atoms with E-state index in [9.17, 15) is 37.1 Å². The predicted molar refractivity (Wildman–Crippen MR) is 221 cm³/mol. The van der Waals surface area contributed by atoms with Crippen molar-refractivity contribution in [2.75, 3.05) is 74.7 Å². The molecule has 9 rings (SSSR count). The van der Waals surface area contributed by atoms with Gasteiger partial charge in [0.15, 0.2) is 0 Å². The van der Waals surface area contributed by atoms with Crippen LogP contribution in [-0.2, 0) is 20.5 Å². The molecular weight excluding hydrogens is 810 g/mol. The van der Waals surface area contributed by atoms with Crippen molar-refractivity contribution in [3.63, 3.8) is 0 Å². The molecule has 2 aromatic heterocycles. The summed E-state index contributed by atoms with van der Waals surface area (Å²) < 4.78 is 51.9. The fourth-order valence-electron chi connectivity index (χ4n) is 8.67. The van der Waals surface area contributed by atoms with Crippen molar-refractivity contribution in [1.29, 1.82) is 0 Å². The number of piperazine rings is 1. The average Bonchev–Trinajstić information content (AvgIpc) is 3.53. The number of amides is 4. The van der Waals surface area contributed by atoms with Gasteiger partial charge >= 0.3 is 6.18 Å². The zero-order valence-corrected chi connectivity index (χ0v) is 34.1. The van der Waals surface area contributed by atoms with E-state index in [4.69, 9.17) is 14.5 Å². The van der Waals surface area contributed by atoms with Crippen LogP contribution in [0.15, 0.2) is 67.0 Å². The van der Waals surface area contributed by atoms with Gasteiger partial charge in [-0.2, -0.15) is 13.2 Å². The first-order chi connectivity index (χ1) is 29.8. The Labute approximate surface area is 355 Å². The molecule has 0 saturated carbocycles. The van der Waals surface area contributed by atoms with E-state index in [1.807, 2.05) is 19.1 Å². The van der Waals surface area contributed by atoms with Crippen molar-refractivity contribution in [2.45, 2.75) is 50.5 Å². The number of likely N-dealkylation sites (N-methyl/N-ethyl adjacent to an activating group) is 1. The number of ether oxygens (including phenoxy) is 2. The summed E-state index contributed by atoms with van der Waals surface area (Å²) in [6.07, 6.45) is 0.289. The van der Waals surface area contributed by atoms with E-state index in [0.29, 0.717) is 87.2 Å². The van der Waals surface area contributed by atoms with Crippen molar-refractivity contribution >= 4 is 47.0 Å². The Balaban J connectivity index is 0.922. The van der Waals surface area contributed by atoms with E-state index >= 15 is 0 Å². The quantitative estimate of drug-likeness (QED) is 0.134. The zero-order valence-electron chi connectivity index (χ0n) is 34.1. The van der Waals surface area contributed by atoms with E-state index in [-0.39, 0.29) is 41.6 Å². The van der Waals surface area contributed by atoms with Gasteiger partial charge < -0.3 is 34.7 Å². The number of nitrogens with one attached hydrogen (secondary N) is 2. The van der Waals surface area contributed by atoms with Gasteiger partial charge in [-0.1, -0.05) is 6.07 Å². The number of carbonyl (C=O) groups excluding carboxylic acids is 5. The Hall–Kier alpha value is -6.40. The van der Waals surface area contributed by atoms with E-state index in [0.717, 1.165) is 34.8 Å². The summed E-state index contributed by atoms with van der Waals surface area (Å²) in [5.41, 5.74) is 3.37. The monoisotopic (exact) mass is 854 g/mol. The molecule has 2 N–H and O–H groups in total. The number of aromatic nitrogens is 2. The SMILES string of the molecule is CNC(=O)C(CCC=O)N1C(=O)c2ccc(N3CC4CC(C3)N4CCOc3ncc(-c4cc(NC(=O)c5cccc(C(F)(F)F)c5)cnc4C)cc3N3CCOCC3)cc2C1=O. The van der Waals surface area contributed by atoms with Crippen LogP contribution >= 0.6 is 0 Å². The van der Waals surface area contributed by atoms with Gasteiger partial charge in [-0.25, -0.2) is 4.98 Å². The molecule has 5 aliphatic heterocycles. The number of hydrogen-bond acceptors (Lipinski definition) is 12. The van der Waals surface area contributed by atoms with Gasteiger partial charge in [0.2, 0.25) is 11.8 Å². The molecule has 0 radical (unpaired) electrons. The van der Waals surface area contributed by atoms with Crippen molar-refractivity contribution in [1.82, 2.24) is 25.1 Å². The van der Waals surface area contributed by atoms with Crippen LogP contribution in [0.3, 0.4) is 0 Å². The van der Waals surface area contributed by atoms with Crippen molar-refractivity contribution < 1.29 is 46.6 Å². The number of anilines is 3.